The summed E-state index contributed by atoms with van der Waals surface area (Å²) >= 11 is 0. The zero-order chi connectivity index (χ0) is 32.8. The summed E-state index contributed by atoms with van der Waals surface area (Å²) in [6.45, 7) is 0. The molecule has 48 heavy (non-hydrogen) atoms. The molecule has 0 atom stereocenters. The summed E-state index contributed by atoms with van der Waals surface area (Å²) in [5, 5.41) is 22.5. The standard InChI is InChI=1S/C31H22N6O8S.2Na/c38-27-15-11-23(17-25(27)31(41)42)35-32-20-5-1-18(2-6-20)19-3-7-21(8-4-19)33-36-26-14-16-28(39)29(30(26)40)37-34-22-9-12-24(13-10-22)46(43,44)45;;/h1-17,32-34H,(H,41,42)(H,43,44,45);;/q;2*+1/p-2/b35-23+,36-26-,37-29-;;. The molecule has 230 valence electrons. The Labute approximate surface area is 316 Å². The Kier molecular flexibility index (Phi) is 13.2. The van der Waals surface area contributed by atoms with Crippen LogP contribution in [0.15, 0.2) is 139 Å². The van der Waals surface area contributed by atoms with Gasteiger partial charge in [0.1, 0.15) is 15.5 Å². The smallest absolute Gasteiger partial charge is 0.744 e. The molecule has 0 aliphatic heterocycles. The van der Waals surface area contributed by atoms with Gasteiger partial charge in [0, 0.05) is 5.57 Å². The summed E-state index contributed by atoms with van der Waals surface area (Å²) in [7, 11) is -4.62. The molecule has 0 unspecified atom stereocenters. The van der Waals surface area contributed by atoms with Crippen molar-refractivity contribution in [3.63, 3.8) is 0 Å². The number of carbonyl (C=O) groups excluding carboxylic acids is 2. The monoisotopic (exact) mass is 682 g/mol. The van der Waals surface area contributed by atoms with Gasteiger partial charge in [0.05, 0.1) is 33.6 Å². The first-order valence-electron chi connectivity index (χ1n) is 13.2. The number of anilines is 3. The first-order valence-corrected chi connectivity index (χ1v) is 14.6. The van der Waals surface area contributed by atoms with E-state index in [0.717, 1.165) is 41.5 Å². The first kappa shape index (κ1) is 38.1. The van der Waals surface area contributed by atoms with Gasteiger partial charge in [-0.05, 0) is 90.0 Å². The van der Waals surface area contributed by atoms with Gasteiger partial charge in [-0.25, -0.2) is 8.42 Å². The Morgan fingerprint density at radius 3 is 1.67 bits per heavy atom. The topological polar surface area (TPSA) is 222 Å². The summed E-state index contributed by atoms with van der Waals surface area (Å²) in [5.41, 5.74) is 9.59. The minimum absolute atomic E-state index is 0. The van der Waals surface area contributed by atoms with E-state index in [9.17, 15) is 37.3 Å². The molecule has 5 rings (SSSR count). The summed E-state index contributed by atoms with van der Waals surface area (Å²) in [6, 6.07) is 21.4. The zero-order valence-electron chi connectivity index (χ0n) is 25.3. The summed E-state index contributed by atoms with van der Waals surface area (Å²) < 4.78 is 33.2. The number of nitrogens with one attached hydrogen (secondary N) is 3. The second-order valence-corrected chi connectivity index (χ2v) is 10.9. The van der Waals surface area contributed by atoms with Crippen molar-refractivity contribution in [1.29, 1.82) is 0 Å². The van der Waals surface area contributed by atoms with Crippen molar-refractivity contribution in [3.05, 3.63) is 140 Å². The number of benzene rings is 4. The van der Waals surface area contributed by atoms with Crippen molar-refractivity contribution in [2.75, 3.05) is 16.3 Å². The van der Waals surface area contributed by atoms with Gasteiger partial charge >= 0.3 is 59.1 Å². The quantitative estimate of drug-likeness (QED) is 0.0496. The van der Waals surface area contributed by atoms with Gasteiger partial charge < -0.3 is 14.5 Å². The molecular formula is C31H20N6Na2O8S. The van der Waals surface area contributed by atoms with Crippen LogP contribution >= 0.6 is 0 Å². The van der Waals surface area contributed by atoms with E-state index in [4.69, 9.17) is 0 Å². The Balaban J connectivity index is 0.00000312. The molecule has 14 nitrogen and oxygen atoms in total. The van der Waals surface area contributed by atoms with Crippen LogP contribution in [0.1, 0.15) is 0 Å². The van der Waals surface area contributed by atoms with E-state index in [1.807, 2.05) is 24.3 Å². The van der Waals surface area contributed by atoms with Gasteiger partial charge in [-0.1, -0.05) is 24.3 Å². The number of hydrazone groups is 1. The van der Waals surface area contributed by atoms with E-state index in [2.05, 4.69) is 31.6 Å². The molecule has 0 amide bonds. The summed E-state index contributed by atoms with van der Waals surface area (Å²) in [4.78, 5) is 47.3. The summed E-state index contributed by atoms with van der Waals surface area (Å²) in [5.74, 6) is -2.24. The Hall–Kier alpha value is -4.32. The van der Waals surface area contributed by atoms with Crippen LogP contribution in [0.3, 0.4) is 0 Å². The van der Waals surface area contributed by atoms with E-state index >= 15 is 0 Å². The fraction of sp³-hybridized carbons (Fsp3) is 0. The van der Waals surface area contributed by atoms with Gasteiger partial charge in [-0.3, -0.25) is 30.7 Å². The zero-order valence-corrected chi connectivity index (χ0v) is 30.1. The SMILES string of the molecule is O=C([O-])C1=C/C(=N/Nc2ccc(-c3ccc(N/N=c4/ccc(=O)/c(=N/Nc5ccc(S(=O)(=O)[O-])cc5)c4=O)cc3)cc2)C=CC1=O.[Na+].[Na+]. The number of carbonyl (C=O) groups is 2. The summed E-state index contributed by atoms with van der Waals surface area (Å²) in [6.07, 6.45) is 3.62. The van der Waals surface area contributed by atoms with Crippen LogP contribution in [0.2, 0.25) is 0 Å². The van der Waals surface area contributed by atoms with Crippen molar-refractivity contribution < 1.29 is 86.8 Å². The predicted molar refractivity (Wildman–Crippen MR) is 164 cm³/mol. The molecule has 0 bridgehead atoms. The number of carboxylic acids is 1. The molecule has 4 aromatic rings. The van der Waals surface area contributed by atoms with Crippen LogP contribution in [-0.2, 0) is 19.7 Å². The number of allylic oxidation sites excluding steroid dienone is 3. The minimum atomic E-state index is -4.62. The molecular weight excluding hydrogens is 662 g/mol. The van der Waals surface area contributed by atoms with Crippen LogP contribution in [0.5, 0.6) is 0 Å². The number of rotatable bonds is 9. The van der Waals surface area contributed by atoms with Crippen molar-refractivity contribution in [1.82, 2.24) is 0 Å². The van der Waals surface area contributed by atoms with Crippen molar-refractivity contribution in [2.45, 2.75) is 4.90 Å². The fourth-order valence-electron chi connectivity index (χ4n) is 4.03. The van der Waals surface area contributed by atoms with Crippen LogP contribution in [-0.4, -0.2) is 30.4 Å². The van der Waals surface area contributed by atoms with Gasteiger partial charge in [0.25, 0.3) is 0 Å². The molecule has 3 N–H and O–H groups in total. The normalized spacial score (nSPS) is 14.1. The third-order valence-corrected chi connectivity index (χ3v) is 7.27. The average molecular weight is 683 g/mol. The third-order valence-electron chi connectivity index (χ3n) is 6.42. The number of aliphatic carboxylic acids is 1. The van der Waals surface area contributed by atoms with Crippen molar-refractivity contribution in [2.24, 2.45) is 15.3 Å². The Morgan fingerprint density at radius 2 is 1.15 bits per heavy atom. The third kappa shape index (κ3) is 9.62. The second kappa shape index (κ2) is 16.7. The van der Waals surface area contributed by atoms with Crippen LogP contribution < -0.4 is 102 Å². The van der Waals surface area contributed by atoms with Gasteiger partial charge in [-0.2, -0.15) is 15.3 Å². The first-order chi connectivity index (χ1) is 22.0. The van der Waals surface area contributed by atoms with Gasteiger partial charge in [-0.15, -0.1) is 0 Å². The van der Waals surface area contributed by atoms with Crippen molar-refractivity contribution >= 4 is 44.6 Å². The number of hydrogen-bond acceptors (Lipinski definition) is 14. The predicted octanol–water partition coefficient (Wildman–Crippen LogP) is -5.70. The Morgan fingerprint density at radius 1 is 0.646 bits per heavy atom. The maximum atomic E-state index is 12.8. The number of carboxylic acid groups (broad SMARTS) is 1. The molecule has 1 aliphatic rings. The average Bonchev–Trinajstić information content (AvgIpc) is 3.04. The van der Waals surface area contributed by atoms with E-state index in [1.165, 1.54) is 24.3 Å². The minimum Gasteiger partial charge on any atom is -0.744 e. The van der Waals surface area contributed by atoms with E-state index in [-0.39, 0.29) is 75.9 Å². The Bertz CT molecular complexity index is 2280. The van der Waals surface area contributed by atoms with Crippen LogP contribution in [0, 0.1) is 0 Å². The largest absolute Gasteiger partial charge is 1.00 e. The van der Waals surface area contributed by atoms with Crippen molar-refractivity contribution in [3.8, 4) is 11.1 Å². The molecule has 0 saturated heterocycles. The molecule has 17 heteroatoms. The molecule has 0 spiro atoms. The number of ketones is 1. The molecule has 0 radical (unpaired) electrons. The number of nitrogens with zero attached hydrogens (tertiary/aromatic N) is 3. The fourth-order valence-corrected chi connectivity index (χ4v) is 4.50. The van der Waals surface area contributed by atoms with E-state index < -0.39 is 48.6 Å². The molecule has 0 heterocycles. The van der Waals surface area contributed by atoms with Crippen LogP contribution in [0.25, 0.3) is 11.1 Å². The molecule has 0 saturated carbocycles. The van der Waals surface area contributed by atoms with Gasteiger partial charge in [0.15, 0.2) is 11.1 Å². The van der Waals surface area contributed by atoms with E-state index in [1.54, 1.807) is 24.3 Å². The number of hydrogen-bond donors (Lipinski definition) is 3. The van der Waals surface area contributed by atoms with Crippen LogP contribution in [0.4, 0.5) is 17.1 Å². The molecule has 1 aliphatic carbocycles. The molecule has 4 aromatic carbocycles. The maximum absolute atomic E-state index is 12.8. The molecule has 0 aromatic heterocycles. The second-order valence-electron chi connectivity index (χ2n) is 9.53. The molecule has 0 fully saturated rings. The maximum Gasteiger partial charge on any atom is 1.00 e. The van der Waals surface area contributed by atoms with E-state index in [0.29, 0.717) is 11.4 Å². The van der Waals surface area contributed by atoms with Gasteiger partial charge in [0.2, 0.25) is 10.9 Å².